The molecule has 0 aliphatic heterocycles. The molecular weight excluding hydrogens is 292 g/mol. The maximum atomic E-state index is 12.5. The first kappa shape index (κ1) is 14.8. The van der Waals surface area contributed by atoms with Gasteiger partial charge in [0.2, 0.25) is 5.96 Å². The van der Waals surface area contributed by atoms with E-state index in [1.165, 1.54) is 0 Å². The molecule has 2 aromatic carbocycles. The van der Waals surface area contributed by atoms with Gasteiger partial charge in [-0.05, 0) is 17.7 Å². The Kier molecular flexibility index (Phi) is 4.07. The van der Waals surface area contributed by atoms with E-state index in [9.17, 15) is 4.79 Å². The van der Waals surface area contributed by atoms with Gasteiger partial charge in [0, 0.05) is 10.9 Å². The fraction of sp³-hybridized carbons (Fsp3) is 0.0588. The van der Waals surface area contributed by atoms with Gasteiger partial charge in [-0.15, -0.1) is 5.06 Å². The van der Waals surface area contributed by atoms with Crippen LogP contribution in [0.4, 0.5) is 0 Å². The van der Waals surface area contributed by atoms with Crippen molar-refractivity contribution in [1.29, 1.82) is 5.41 Å². The highest BCUT2D eigenvalue weighted by molar-refractivity contribution is 6.04. The molecule has 0 radical (unpaired) electrons. The number of carbonyl (C=O) groups is 1. The molecule has 116 valence electrons. The number of nitrogens with one attached hydrogen (secondary N) is 2. The predicted molar refractivity (Wildman–Crippen MR) is 87.6 cm³/mol. The molecule has 0 aliphatic rings. The van der Waals surface area contributed by atoms with Gasteiger partial charge < -0.3 is 10.7 Å². The lowest BCUT2D eigenvalue weighted by Crippen LogP contribution is -2.41. The molecule has 0 aliphatic carbocycles. The average Bonchev–Trinajstić information content (AvgIpc) is 2.99. The summed E-state index contributed by atoms with van der Waals surface area (Å²) < 4.78 is 0. The van der Waals surface area contributed by atoms with Gasteiger partial charge in [0.05, 0.1) is 0 Å². The van der Waals surface area contributed by atoms with Crippen molar-refractivity contribution >= 4 is 22.8 Å². The Morgan fingerprint density at radius 3 is 2.52 bits per heavy atom. The van der Waals surface area contributed by atoms with E-state index in [1.54, 1.807) is 6.07 Å². The van der Waals surface area contributed by atoms with E-state index < -0.39 is 11.9 Å². The molecule has 0 fully saturated rings. The van der Waals surface area contributed by atoms with Gasteiger partial charge >= 0.3 is 5.91 Å². The van der Waals surface area contributed by atoms with E-state index in [0.717, 1.165) is 21.5 Å². The highest BCUT2D eigenvalue weighted by atomic mass is 16.7. The lowest BCUT2D eigenvalue weighted by molar-refractivity contribution is -0.0837. The molecule has 0 saturated heterocycles. The maximum Gasteiger partial charge on any atom is 0.301 e. The zero-order chi connectivity index (χ0) is 16.2. The average molecular weight is 308 g/mol. The highest BCUT2D eigenvalue weighted by Gasteiger charge is 2.21. The number of hydrogen-bond donors (Lipinski definition) is 3. The molecule has 6 nitrogen and oxygen atoms in total. The number of hydroxylamine groups is 2. The standard InChI is InChI=1S/C17H16N4O2/c18-17(19)21(23-11-12-6-2-1-3-7-12)16(22)15-10-13-8-4-5-9-14(13)20-15/h1-10,20H,11H2,(H3,18,19). The predicted octanol–water partition coefficient (Wildman–Crippen LogP) is 2.64. The fourth-order valence-corrected chi connectivity index (χ4v) is 2.25. The van der Waals surface area contributed by atoms with Crippen LogP contribution in [0, 0.1) is 5.41 Å². The first-order chi connectivity index (χ1) is 11.1. The van der Waals surface area contributed by atoms with Crippen molar-refractivity contribution in [1.82, 2.24) is 10.0 Å². The monoisotopic (exact) mass is 308 g/mol. The molecule has 1 amide bonds. The van der Waals surface area contributed by atoms with Gasteiger partial charge in [-0.3, -0.25) is 15.0 Å². The van der Waals surface area contributed by atoms with E-state index in [2.05, 4.69) is 4.98 Å². The molecule has 0 spiro atoms. The molecule has 0 saturated carbocycles. The first-order valence-corrected chi connectivity index (χ1v) is 7.08. The van der Waals surface area contributed by atoms with Crippen LogP contribution < -0.4 is 5.73 Å². The van der Waals surface area contributed by atoms with Crippen LogP contribution in [0.5, 0.6) is 0 Å². The smallest absolute Gasteiger partial charge is 0.301 e. The minimum absolute atomic E-state index is 0.145. The topological polar surface area (TPSA) is 95.2 Å². The molecule has 1 aromatic heterocycles. The van der Waals surface area contributed by atoms with E-state index in [4.69, 9.17) is 16.0 Å². The molecule has 3 rings (SSSR count). The molecule has 0 atom stereocenters. The lowest BCUT2D eigenvalue weighted by Gasteiger charge is -2.19. The number of aromatic amines is 1. The second-order valence-corrected chi connectivity index (χ2v) is 5.01. The Hall–Kier alpha value is -3.12. The second-order valence-electron chi connectivity index (χ2n) is 5.01. The van der Waals surface area contributed by atoms with E-state index in [-0.39, 0.29) is 6.61 Å². The van der Waals surface area contributed by atoms with Crippen molar-refractivity contribution in [2.24, 2.45) is 5.73 Å². The Morgan fingerprint density at radius 2 is 1.83 bits per heavy atom. The third-order valence-corrected chi connectivity index (χ3v) is 3.37. The zero-order valence-electron chi connectivity index (χ0n) is 12.3. The second kappa shape index (κ2) is 6.33. The van der Waals surface area contributed by atoms with Gasteiger partial charge in [-0.2, -0.15) is 0 Å². The van der Waals surface area contributed by atoms with Crippen molar-refractivity contribution in [3.63, 3.8) is 0 Å². The summed E-state index contributed by atoms with van der Waals surface area (Å²) in [6.07, 6.45) is 0. The van der Waals surface area contributed by atoms with Crippen molar-refractivity contribution < 1.29 is 9.63 Å². The first-order valence-electron chi connectivity index (χ1n) is 7.08. The van der Waals surface area contributed by atoms with Crippen LogP contribution in [0.3, 0.4) is 0 Å². The largest absolute Gasteiger partial charge is 0.368 e. The number of rotatable bonds is 4. The van der Waals surface area contributed by atoms with Gasteiger partial charge in [-0.25, -0.2) is 0 Å². The summed E-state index contributed by atoms with van der Waals surface area (Å²) in [6, 6.07) is 18.6. The molecule has 3 aromatic rings. The van der Waals surface area contributed by atoms with Crippen molar-refractivity contribution in [3.8, 4) is 0 Å². The third kappa shape index (κ3) is 3.22. The number of H-pyrrole nitrogens is 1. The number of nitrogens with zero attached hydrogens (tertiary/aromatic N) is 1. The van der Waals surface area contributed by atoms with Crippen LogP contribution in [0.2, 0.25) is 0 Å². The maximum absolute atomic E-state index is 12.5. The molecule has 0 unspecified atom stereocenters. The van der Waals surface area contributed by atoms with Crippen LogP contribution in [-0.4, -0.2) is 21.9 Å². The number of fused-ring (bicyclic) bond motifs is 1. The number of benzene rings is 2. The SMILES string of the molecule is N=C(N)N(OCc1ccccc1)C(=O)c1cc2ccccc2[nH]1. The minimum Gasteiger partial charge on any atom is -0.368 e. The fourth-order valence-electron chi connectivity index (χ4n) is 2.25. The van der Waals surface area contributed by atoms with E-state index >= 15 is 0 Å². The molecule has 1 heterocycles. The van der Waals surface area contributed by atoms with Crippen LogP contribution >= 0.6 is 0 Å². The Morgan fingerprint density at radius 1 is 1.13 bits per heavy atom. The summed E-state index contributed by atoms with van der Waals surface area (Å²) in [5.41, 5.74) is 7.51. The summed E-state index contributed by atoms with van der Waals surface area (Å²) in [5.74, 6) is -0.978. The summed E-state index contributed by atoms with van der Waals surface area (Å²) in [7, 11) is 0. The Bertz CT molecular complexity index is 809. The Labute approximate surface area is 132 Å². The molecule has 0 bridgehead atoms. The van der Waals surface area contributed by atoms with Crippen LogP contribution in [-0.2, 0) is 11.4 Å². The third-order valence-electron chi connectivity index (χ3n) is 3.37. The molecule has 4 N–H and O–H groups in total. The van der Waals surface area contributed by atoms with E-state index in [0.29, 0.717) is 5.69 Å². The Balaban J connectivity index is 1.79. The number of amides is 1. The number of aromatic nitrogens is 1. The molecule has 23 heavy (non-hydrogen) atoms. The van der Waals surface area contributed by atoms with Crippen molar-refractivity contribution in [2.75, 3.05) is 0 Å². The van der Waals surface area contributed by atoms with Crippen LogP contribution in [0.1, 0.15) is 16.1 Å². The van der Waals surface area contributed by atoms with Gasteiger partial charge in [0.1, 0.15) is 12.3 Å². The minimum atomic E-state index is -0.510. The van der Waals surface area contributed by atoms with Crippen molar-refractivity contribution in [2.45, 2.75) is 6.61 Å². The number of para-hydroxylation sites is 1. The van der Waals surface area contributed by atoms with Crippen LogP contribution in [0.15, 0.2) is 60.7 Å². The molecular formula is C17H16N4O2. The number of carbonyl (C=O) groups excluding carboxylic acids is 1. The molecule has 6 heteroatoms. The highest BCUT2D eigenvalue weighted by Crippen LogP contribution is 2.16. The summed E-state index contributed by atoms with van der Waals surface area (Å²) in [6.45, 7) is 0.145. The van der Waals surface area contributed by atoms with Gasteiger partial charge in [0.15, 0.2) is 0 Å². The summed E-state index contributed by atoms with van der Waals surface area (Å²) in [4.78, 5) is 20.9. The zero-order valence-corrected chi connectivity index (χ0v) is 12.3. The number of hydrogen-bond acceptors (Lipinski definition) is 3. The van der Waals surface area contributed by atoms with Gasteiger partial charge in [0.25, 0.3) is 0 Å². The van der Waals surface area contributed by atoms with E-state index in [1.807, 2.05) is 54.6 Å². The summed E-state index contributed by atoms with van der Waals surface area (Å²) >= 11 is 0. The number of guanidine groups is 1. The number of nitrogens with two attached hydrogens (primary N) is 1. The van der Waals surface area contributed by atoms with Crippen molar-refractivity contribution in [3.05, 3.63) is 71.9 Å². The quantitative estimate of drug-likeness (QED) is 0.393. The van der Waals surface area contributed by atoms with Gasteiger partial charge in [-0.1, -0.05) is 48.5 Å². The van der Waals surface area contributed by atoms with Crippen LogP contribution in [0.25, 0.3) is 10.9 Å². The lowest BCUT2D eigenvalue weighted by atomic mass is 10.2. The normalized spacial score (nSPS) is 10.6. The summed E-state index contributed by atoms with van der Waals surface area (Å²) in [5, 5.41) is 9.27.